The summed E-state index contributed by atoms with van der Waals surface area (Å²) in [7, 11) is 0. The smallest absolute Gasteiger partial charge is 0.467 e. The molecule has 1 amide bonds. The second-order valence-electron chi connectivity index (χ2n) is 3.80. The number of aromatic nitrogens is 1. The number of rotatable bonds is 3. The molecule has 8 heteroatoms. The van der Waals surface area contributed by atoms with Crippen LogP contribution in [-0.2, 0) is 11.3 Å². The molecular formula is C12H8ClF3N2O2. The van der Waals surface area contributed by atoms with Gasteiger partial charge in [0.05, 0.1) is 17.8 Å². The maximum atomic E-state index is 12.6. The molecule has 0 fully saturated rings. The molecule has 0 radical (unpaired) electrons. The Morgan fingerprint density at radius 3 is 2.60 bits per heavy atom. The van der Waals surface area contributed by atoms with Gasteiger partial charge >= 0.3 is 12.1 Å². The molecule has 2 aromatic heterocycles. The topological polar surface area (TPSA) is 46.3 Å². The van der Waals surface area contributed by atoms with Crippen LogP contribution in [0.1, 0.15) is 5.76 Å². The molecule has 106 valence electrons. The Labute approximate surface area is 116 Å². The number of nitrogens with zero attached hydrogens (tertiary/aromatic N) is 2. The first-order chi connectivity index (χ1) is 9.38. The molecule has 2 rings (SSSR count). The van der Waals surface area contributed by atoms with Crippen molar-refractivity contribution in [2.45, 2.75) is 12.7 Å². The number of carbonyl (C=O) groups is 1. The monoisotopic (exact) mass is 304 g/mol. The number of amides is 1. The molecule has 0 saturated heterocycles. The molecule has 0 saturated carbocycles. The number of furan rings is 1. The van der Waals surface area contributed by atoms with Crippen LogP contribution in [0.5, 0.6) is 0 Å². The van der Waals surface area contributed by atoms with Crippen LogP contribution in [0, 0.1) is 0 Å². The minimum absolute atomic E-state index is 0.159. The third-order valence-electron chi connectivity index (χ3n) is 2.37. The zero-order valence-corrected chi connectivity index (χ0v) is 10.6. The quantitative estimate of drug-likeness (QED) is 0.873. The van der Waals surface area contributed by atoms with Crippen LogP contribution >= 0.6 is 11.6 Å². The van der Waals surface area contributed by atoms with Crippen LogP contribution in [0.4, 0.5) is 19.0 Å². The van der Waals surface area contributed by atoms with Crippen LogP contribution in [0.15, 0.2) is 41.1 Å². The predicted molar refractivity (Wildman–Crippen MR) is 65.2 cm³/mol. The number of alkyl halides is 3. The van der Waals surface area contributed by atoms with E-state index in [0.29, 0.717) is 4.90 Å². The van der Waals surface area contributed by atoms with Gasteiger partial charge in [-0.05, 0) is 24.3 Å². The van der Waals surface area contributed by atoms with Crippen molar-refractivity contribution >= 4 is 23.3 Å². The Morgan fingerprint density at radius 1 is 1.35 bits per heavy atom. The highest BCUT2D eigenvalue weighted by atomic mass is 35.5. The summed E-state index contributed by atoms with van der Waals surface area (Å²) < 4.78 is 42.8. The number of hydrogen-bond donors (Lipinski definition) is 0. The summed E-state index contributed by atoms with van der Waals surface area (Å²) >= 11 is 5.62. The van der Waals surface area contributed by atoms with Crippen molar-refractivity contribution in [2.75, 3.05) is 4.90 Å². The lowest BCUT2D eigenvalue weighted by Crippen LogP contribution is -2.41. The lowest BCUT2D eigenvalue weighted by Gasteiger charge is -2.21. The molecule has 0 aliphatic rings. The zero-order valence-electron chi connectivity index (χ0n) is 9.89. The first kappa shape index (κ1) is 14.4. The predicted octanol–water partition coefficient (Wildman–Crippen LogP) is 3.42. The van der Waals surface area contributed by atoms with Gasteiger partial charge in [-0.1, -0.05) is 11.6 Å². The number of pyridine rings is 1. The van der Waals surface area contributed by atoms with Crippen molar-refractivity contribution < 1.29 is 22.4 Å². The molecule has 2 aromatic rings. The number of halogens is 4. The van der Waals surface area contributed by atoms with Crippen LogP contribution < -0.4 is 4.90 Å². The Bertz CT molecular complexity index is 582. The number of hydrogen-bond acceptors (Lipinski definition) is 3. The fourth-order valence-corrected chi connectivity index (χ4v) is 1.61. The van der Waals surface area contributed by atoms with Crippen LogP contribution in [-0.4, -0.2) is 17.1 Å². The first-order valence-corrected chi connectivity index (χ1v) is 5.78. The standard InChI is InChI=1S/C12H8ClF3N2O2/c13-8-3-4-10(17-6-8)18(11(19)12(14,15)16)7-9-2-1-5-20-9/h1-6H,7H2. The van der Waals surface area contributed by atoms with Gasteiger partial charge in [0.15, 0.2) is 0 Å². The Hall–Kier alpha value is -2.02. The summed E-state index contributed by atoms with van der Waals surface area (Å²) in [4.78, 5) is 15.7. The van der Waals surface area contributed by atoms with Gasteiger partial charge in [0.1, 0.15) is 11.6 Å². The third-order valence-corrected chi connectivity index (χ3v) is 2.59. The van der Waals surface area contributed by atoms with Gasteiger partial charge < -0.3 is 4.42 Å². The van der Waals surface area contributed by atoms with E-state index in [1.807, 2.05) is 0 Å². The van der Waals surface area contributed by atoms with Crippen molar-refractivity contribution in [2.24, 2.45) is 0 Å². The van der Waals surface area contributed by atoms with Gasteiger partial charge in [-0.3, -0.25) is 9.69 Å². The normalized spacial score (nSPS) is 11.4. The molecular weight excluding hydrogens is 297 g/mol. The molecule has 0 spiro atoms. The van der Waals surface area contributed by atoms with Gasteiger partial charge in [0.2, 0.25) is 0 Å². The summed E-state index contributed by atoms with van der Waals surface area (Å²) in [6, 6.07) is 5.56. The maximum absolute atomic E-state index is 12.6. The van der Waals surface area contributed by atoms with E-state index in [9.17, 15) is 18.0 Å². The first-order valence-electron chi connectivity index (χ1n) is 5.40. The zero-order chi connectivity index (χ0) is 14.8. The Kier molecular flexibility index (Phi) is 3.99. The highest BCUT2D eigenvalue weighted by Gasteiger charge is 2.43. The SMILES string of the molecule is O=C(N(Cc1ccco1)c1ccc(Cl)cn1)C(F)(F)F. The van der Waals surface area contributed by atoms with Gasteiger partial charge in [-0.2, -0.15) is 13.2 Å². The third kappa shape index (κ3) is 3.30. The highest BCUT2D eigenvalue weighted by Crippen LogP contribution is 2.25. The number of anilines is 1. The second-order valence-corrected chi connectivity index (χ2v) is 4.24. The van der Waals surface area contributed by atoms with E-state index in [4.69, 9.17) is 16.0 Å². The highest BCUT2D eigenvalue weighted by molar-refractivity contribution is 6.30. The van der Waals surface area contributed by atoms with Gasteiger partial charge in [-0.15, -0.1) is 0 Å². The van der Waals surface area contributed by atoms with Crippen molar-refractivity contribution in [3.8, 4) is 0 Å². The largest absolute Gasteiger partial charge is 0.471 e. The van der Waals surface area contributed by atoms with Gasteiger partial charge in [0.25, 0.3) is 0 Å². The summed E-state index contributed by atoms with van der Waals surface area (Å²) in [6.07, 6.45) is -2.54. The Balaban J connectivity index is 2.33. The van der Waals surface area contributed by atoms with Crippen LogP contribution in [0.2, 0.25) is 5.02 Å². The fraction of sp³-hybridized carbons (Fsp3) is 0.167. The summed E-state index contributed by atoms with van der Waals surface area (Å²) in [5.41, 5.74) is 0. The molecule has 0 atom stereocenters. The second kappa shape index (κ2) is 5.54. The molecule has 0 aliphatic carbocycles. The molecule has 0 bridgehead atoms. The van der Waals surface area contributed by atoms with E-state index in [1.165, 1.54) is 30.5 Å². The lowest BCUT2D eigenvalue weighted by molar-refractivity contribution is -0.170. The minimum atomic E-state index is -5.01. The van der Waals surface area contributed by atoms with Crippen molar-refractivity contribution in [3.63, 3.8) is 0 Å². The molecule has 20 heavy (non-hydrogen) atoms. The minimum Gasteiger partial charge on any atom is -0.467 e. The van der Waals surface area contributed by atoms with Gasteiger partial charge in [-0.25, -0.2) is 4.98 Å². The van der Waals surface area contributed by atoms with E-state index in [0.717, 1.165) is 6.20 Å². The van der Waals surface area contributed by atoms with Crippen LogP contribution in [0.3, 0.4) is 0 Å². The molecule has 0 unspecified atom stereocenters. The average Bonchev–Trinajstić information content (AvgIpc) is 2.88. The maximum Gasteiger partial charge on any atom is 0.471 e. The van der Waals surface area contributed by atoms with Gasteiger partial charge in [0, 0.05) is 6.20 Å². The van der Waals surface area contributed by atoms with Crippen molar-refractivity contribution in [1.82, 2.24) is 4.98 Å². The summed E-state index contributed by atoms with van der Waals surface area (Å²) in [5.74, 6) is -1.98. The van der Waals surface area contributed by atoms with E-state index in [-0.39, 0.29) is 23.1 Å². The van der Waals surface area contributed by atoms with Crippen molar-refractivity contribution in [3.05, 3.63) is 47.5 Å². The summed E-state index contributed by atoms with van der Waals surface area (Å²) in [6.45, 7) is -0.375. The van der Waals surface area contributed by atoms with Crippen LogP contribution in [0.25, 0.3) is 0 Å². The molecule has 2 heterocycles. The van der Waals surface area contributed by atoms with E-state index < -0.39 is 12.1 Å². The van der Waals surface area contributed by atoms with E-state index >= 15 is 0 Å². The molecule has 4 nitrogen and oxygen atoms in total. The number of carbonyl (C=O) groups excluding carboxylic acids is 1. The van der Waals surface area contributed by atoms with E-state index in [1.54, 1.807) is 0 Å². The van der Waals surface area contributed by atoms with E-state index in [2.05, 4.69) is 4.98 Å². The molecule has 0 aliphatic heterocycles. The molecule has 0 aromatic carbocycles. The summed E-state index contributed by atoms with van der Waals surface area (Å²) in [5, 5.41) is 0.256. The lowest BCUT2D eigenvalue weighted by atomic mass is 10.3. The average molecular weight is 305 g/mol. The molecule has 0 N–H and O–H groups in total. The Morgan fingerprint density at radius 2 is 2.10 bits per heavy atom. The fourth-order valence-electron chi connectivity index (χ4n) is 1.50. The van der Waals surface area contributed by atoms with Crippen molar-refractivity contribution in [1.29, 1.82) is 0 Å².